The van der Waals surface area contributed by atoms with Gasteiger partial charge in [-0.15, -0.1) is 0 Å². The van der Waals surface area contributed by atoms with Crippen LogP contribution in [0.15, 0.2) is 18.5 Å². The number of aromatic nitrogens is 1. The van der Waals surface area contributed by atoms with Crippen LogP contribution in [-0.2, 0) is 5.60 Å². The summed E-state index contributed by atoms with van der Waals surface area (Å²) in [5.41, 5.74) is 0.180. The van der Waals surface area contributed by atoms with Crippen LogP contribution in [0, 0.1) is 11.8 Å². The molecular formula is C16H25NO2. The van der Waals surface area contributed by atoms with E-state index in [-0.39, 0.29) is 0 Å². The highest BCUT2D eigenvalue weighted by atomic mass is 16.5. The Morgan fingerprint density at radius 1 is 1.47 bits per heavy atom. The average Bonchev–Trinajstić information content (AvgIpc) is 2.38. The van der Waals surface area contributed by atoms with Crippen LogP contribution in [0.2, 0.25) is 0 Å². The molecule has 0 aromatic carbocycles. The van der Waals surface area contributed by atoms with E-state index in [2.05, 4.69) is 18.8 Å². The molecular weight excluding hydrogens is 238 g/mol. The molecule has 0 saturated heterocycles. The largest absolute Gasteiger partial charge is 0.495 e. The minimum Gasteiger partial charge on any atom is -0.495 e. The molecule has 1 aromatic heterocycles. The molecule has 0 radical (unpaired) electrons. The average molecular weight is 263 g/mol. The quantitative estimate of drug-likeness (QED) is 0.904. The van der Waals surface area contributed by atoms with Gasteiger partial charge in [-0.3, -0.25) is 4.98 Å². The Bertz CT molecular complexity index is 419. The Balaban J connectivity index is 2.16. The fourth-order valence-electron chi connectivity index (χ4n) is 3.28. The van der Waals surface area contributed by atoms with Crippen molar-refractivity contribution in [2.75, 3.05) is 7.11 Å². The van der Waals surface area contributed by atoms with Crippen molar-refractivity contribution in [3.05, 3.63) is 24.0 Å². The lowest BCUT2D eigenvalue weighted by atomic mass is 9.72. The Morgan fingerprint density at radius 2 is 2.26 bits per heavy atom. The molecule has 0 bridgehead atoms. The number of methoxy groups -OCH3 is 1. The van der Waals surface area contributed by atoms with Crippen molar-refractivity contribution in [3.8, 4) is 5.75 Å². The Morgan fingerprint density at radius 3 is 2.95 bits per heavy atom. The molecule has 1 fully saturated rings. The predicted octanol–water partition coefficient (Wildman–Crippen LogP) is 3.51. The molecule has 106 valence electrons. The van der Waals surface area contributed by atoms with Crippen LogP contribution in [0.4, 0.5) is 0 Å². The predicted molar refractivity (Wildman–Crippen MR) is 76.1 cm³/mol. The first-order valence-corrected chi connectivity index (χ1v) is 7.25. The number of aliphatic hydroxyl groups is 1. The molecule has 19 heavy (non-hydrogen) atoms. The maximum Gasteiger partial charge on any atom is 0.137 e. The molecule has 1 N–H and O–H groups in total. The highest BCUT2D eigenvalue weighted by Gasteiger charge is 2.36. The van der Waals surface area contributed by atoms with Gasteiger partial charge in [0.25, 0.3) is 0 Å². The first kappa shape index (κ1) is 14.3. The molecule has 0 spiro atoms. The zero-order valence-corrected chi connectivity index (χ0v) is 12.2. The lowest BCUT2D eigenvalue weighted by molar-refractivity contribution is -0.0248. The number of pyridine rings is 1. The summed E-state index contributed by atoms with van der Waals surface area (Å²) in [6.45, 7) is 4.50. The highest BCUT2D eigenvalue weighted by molar-refractivity contribution is 5.28. The Hall–Kier alpha value is -1.09. The summed E-state index contributed by atoms with van der Waals surface area (Å²) < 4.78 is 5.21. The standard InChI is InChI=1S/C16H25NO2/c1-12(2)7-13-5-4-6-16(18,9-13)14-8-15(19-3)11-17-10-14/h8,10-13,18H,4-7,9H2,1-3H3. The van der Waals surface area contributed by atoms with Crippen LogP contribution in [0.1, 0.15) is 51.5 Å². The van der Waals surface area contributed by atoms with E-state index in [1.165, 1.54) is 12.8 Å². The van der Waals surface area contributed by atoms with Gasteiger partial charge in [0.15, 0.2) is 0 Å². The van der Waals surface area contributed by atoms with Gasteiger partial charge in [-0.1, -0.05) is 20.3 Å². The van der Waals surface area contributed by atoms with Gasteiger partial charge in [-0.25, -0.2) is 0 Å². The highest BCUT2D eigenvalue weighted by Crippen LogP contribution is 2.42. The van der Waals surface area contributed by atoms with Gasteiger partial charge in [0, 0.05) is 11.8 Å². The fourth-order valence-corrected chi connectivity index (χ4v) is 3.28. The summed E-state index contributed by atoms with van der Waals surface area (Å²) >= 11 is 0. The zero-order chi connectivity index (χ0) is 13.9. The Kier molecular flexibility index (Phi) is 4.46. The van der Waals surface area contributed by atoms with Crippen LogP contribution in [0.5, 0.6) is 5.75 Å². The summed E-state index contributed by atoms with van der Waals surface area (Å²) in [4.78, 5) is 4.18. The van der Waals surface area contributed by atoms with E-state index in [4.69, 9.17) is 4.74 Å². The van der Waals surface area contributed by atoms with Crippen LogP contribution >= 0.6 is 0 Å². The fraction of sp³-hybridized carbons (Fsp3) is 0.688. The van der Waals surface area contributed by atoms with Gasteiger partial charge in [0.2, 0.25) is 0 Å². The minimum absolute atomic E-state index is 0.616. The van der Waals surface area contributed by atoms with Crippen LogP contribution in [-0.4, -0.2) is 17.2 Å². The van der Waals surface area contributed by atoms with Crippen molar-refractivity contribution in [2.24, 2.45) is 11.8 Å². The molecule has 2 rings (SSSR count). The molecule has 0 aliphatic heterocycles. The second-order valence-corrected chi connectivity index (χ2v) is 6.24. The summed E-state index contributed by atoms with van der Waals surface area (Å²) in [7, 11) is 1.63. The maximum atomic E-state index is 11.0. The molecule has 3 nitrogen and oxygen atoms in total. The van der Waals surface area contributed by atoms with E-state index >= 15 is 0 Å². The summed E-state index contributed by atoms with van der Waals surface area (Å²) in [5, 5.41) is 11.0. The van der Waals surface area contributed by atoms with Gasteiger partial charge in [0.1, 0.15) is 5.75 Å². The lowest BCUT2D eigenvalue weighted by Crippen LogP contribution is -2.33. The van der Waals surface area contributed by atoms with E-state index < -0.39 is 5.60 Å². The smallest absolute Gasteiger partial charge is 0.137 e. The van der Waals surface area contributed by atoms with Crippen molar-refractivity contribution in [2.45, 2.75) is 51.6 Å². The first-order valence-electron chi connectivity index (χ1n) is 7.25. The second-order valence-electron chi connectivity index (χ2n) is 6.24. The van der Waals surface area contributed by atoms with Gasteiger partial charge in [-0.2, -0.15) is 0 Å². The molecule has 2 atom stereocenters. The number of rotatable bonds is 4. The van der Waals surface area contributed by atoms with E-state index in [0.29, 0.717) is 11.8 Å². The summed E-state index contributed by atoms with van der Waals surface area (Å²) in [6.07, 6.45) is 8.65. The van der Waals surface area contributed by atoms with Gasteiger partial charge in [0.05, 0.1) is 18.9 Å². The number of nitrogens with zero attached hydrogens (tertiary/aromatic N) is 1. The summed E-state index contributed by atoms with van der Waals surface area (Å²) in [5.74, 6) is 2.03. The monoisotopic (exact) mass is 263 g/mol. The van der Waals surface area contributed by atoms with E-state index in [9.17, 15) is 5.11 Å². The van der Waals surface area contributed by atoms with Gasteiger partial charge >= 0.3 is 0 Å². The first-order chi connectivity index (χ1) is 9.03. The van der Waals surface area contributed by atoms with Gasteiger partial charge < -0.3 is 9.84 Å². The topological polar surface area (TPSA) is 42.4 Å². The molecule has 1 aromatic rings. The second kappa shape index (κ2) is 5.91. The third-order valence-electron chi connectivity index (χ3n) is 4.12. The normalized spacial score (nSPS) is 27.5. The maximum absolute atomic E-state index is 11.0. The van der Waals surface area contributed by atoms with Crippen molar-refractivity contribution < 1.29 is 9.84 Å². The SMILES string of the molecule is COc1cncc(C2(O)CCCC(CC(C)C)C2)c1. The molecule has 1 heterocycles. The molecule has 1 aliphatic carbocycles. The third kappa shape index (κ3) is 3.47. The third-order valence-corrected chi connectivity index (χ3v) is 4.12. The number of hydrogen-bond donors (Lipinski definition) is 1. The van der Waals surface area contributed by atoms with Gasteiger partial charge in [-0.05, 0) is 43.6 Å². The van der Waals surface area contributed by atoms with Crippen molar-refractivity contribution in [1.82, 2.24) is 4.98 Å². The molecule has 1 saturated carbocycles. The number of ether oxygens (including phenoxy) is 1. The summed E-state index contributed by atoms with van der Waals surface area (Å²) in [6, 6.07) is 1.92. The van der Waals surface area contributed by atoms with E-state index in [0.717, 1.165) is 30.6 Å². The van der Waals surface area contributed by atoms with E-state index in [1.807, 2.05) is 6.07 Å². The minimum atomic E-state index is -0.723. The molecule has 1 aliphatic rings. The van der Waals surface area contributed by atoms with Crippen molar-refractivity contribution in [3.63, 3.8) is 0 Å². The van der Waals surface area contributed by atoms with Crippen LogP contribution in [0.25, 0.3) is 0 Å². The van der Waals surface area contributed by atoms with Crippen molar-refractivity contribution >= 4 is 0 Å². The molecule has 0 amide bonds. The van der Waals surface area contributed by atoms with Crippen molar-refractivity contribution in [1.29, 1.82) is 0 Å². The van der Waals surface area contributed by atoms with Crippen LogP contribution < -0.4 is 4.74 Å². The van der Waals surface area contributed by atoms with Crippen LogP contribution in [0.3, 0.4) is 0 Å². The molecule has 3 heteroatoms. The zero-order valence-electron chi connectivity index (χ0n) is 12.2. The lowest BCUT2D eigenvalue weighted by Gasteiger charge is -2.37. The number of hydrogen-bond acceptors (Lipinski definition) is 3. The molecule has 2 unspecified atom stereocenters. The Labute approximate surface area is 116 Å². The van der Waals surface area contributed by atoms with E-state index in [1.54, 1.807) is 19.5 Å².